The number of thioether (sulfide) groups is 1. The summed E-state index contributed by atoms with van der Waals surface area (Å²) in [5, 5.41) is 3.10. The van der Waals surface area contributed by atoms with Gasteiger partial charge in [0.25, 0.3) is 0 Å². The van der Waals surface area contributed by atoms with Gasteiger partial charge in [0.2, 0.25) is 0 Å². The van der Waals surface area contributed by atoms with Crippen LogP contribution in [0.15, 0.2) is 11.1 Å². The van der Waals surface area contributed by atoms with Crippen LogP contribution in [0.2, 0.25) is 0 Å². The highest BCUT2D eigenvalue weighted by molar-refractivity contribution is 8.01. The van der Waals surface area contributed by atoms with E-state index in [1.54, 1.807) is 0 Å². The van der Waals surface area contributed by atoms with Crippen LogP contribution >= 0.6 is 24.0 Å². The molecule has 0 aliphatic heterocycles. The molecule has 0 saturated carbocycles. The van der Waals surface area contributed by atoms with Gasteiger partial charge >= 0.3 is 5.97 Å². The Kier molecular flexibility index (Phi) is 5.74. The lowest BCUT2D eigenvalue weighted by molar-refractivity contribution is -0.163. The third-order valence-corrected chi connectivity index (χ3v) is 1.73. The highest BCUT2D eigenvalue weighted by Crippen LogP contribution is 2.07. The zero-order valence-corrected chi connectivity index (χ0v) is 8.87. The molecule has 5 heteroatoms. The summed E-state index contributed by atoms with van der Waals surface area (Å²) in [5.41, 5.74) is 2.07. The van der Waals surface area contributed by atoms with Crippen molar-refractivity contribution in [3.05, 3.63) is 11.1 Å². The molecule has 0 aromatic rings. The van der Waals surface area contributed by atoms with Crippen LogP contribution in [0, 0.1) is 0 Å². The maximum atomic E-state index is 10.6. The Morgan fingerprint density at radius 3 is 2.50 bits per heavy atom. The van der Waals surface area contributed by atoms with E-state index in [1.165, 1.54) is 29.2 Å². The molecule has 0 aliphatic carbocycles. The number of carbonyl (C=O) groups is 1. The number of allylic oxidation sites excluding steroid dienone is 1. The van der Waals surface area contributed by atoms with Crippen molar-refractivity contribution in [3.8, 4) is 0 Å². The van der Waals surface area contributed by atoms with Crippen molar-refractivity contribution in [3.63, 3.8) is 0 Å². The summed E-state index contributed by atoms with van der Waals surface area (Å²) >= 11 is 6.18. The maximum absolute atomic E-state index is 10.6. The highest BCUT2D eigenvalue weighted by atomic mass is 32.2. The van der Waals surface area contributed by atoms with E-state index in [0.717, 1.165) is 5.70 Å². The Labute approximate surface area is 81.7 Å². The van der Waals surface area contributed by atoms with E-state index in [-0.39, 0.29) is 5.97 Å². The number of hydrogen-bond acceptors (Lipinski definition) is 4. The van der Waals surface area contributed by atoms with Crippen molar-refractivity contribution in [1.29, 1.82) is 0 Å². The normalized spacial score (nSPS) is 10.8. The second-order valence-electron chi connectivity index (χ2n) is 2.01. The van der Waals surface area contributed by atoms with Crippen molar-refractivity contribution in [2.24, 2.45) is 0 Å². The second kappa shape index (κ2) is 6.02. The summed E-state index contributed by atoms with van der Waals surface area (Å²) in [4.78, 5) is 15.3. The minimum absolute atomic E-state index is 0.384. The summed E-state index contributed by atoms with van der Waals surface area (Å²) in [7, 11) is 0. The van der Waals surface area contributed by atoms with Crippen molar-refractivity contribution in [2.75, 3.05) is 6.26 Å². The Balaban J connectivity index is 4.23. The molecular formula is C7H11NO2S2. The smallest absolute Gasteiger partial charge is 0.329 e. The first-order chi connectivity index (χ1) is 5.61. The van der Waals surface area contributed by atoms with Gasteiger partial charge in [0, 0.05) is 6.92 Å². The molecule has 0 saturated heterocycles. The third kappa shape index (κ3) is 4.35. The van der Waals surface area contributed by atoms with Crippen LogP contribution in [0.4, 0.5) is 0 Å². The minimum Gasteiger partial charge on any atom is -0.336 e. The van der Waals surface area contributed by atoms with Gasteiger partial charge in [0.15, 0.2) is 0 Å². The molecule has 0 aromatic carbocycles. The predicted octanol–water partition coefficient (Wildman–Crippen LogP) is 1.95. The van der Waals surface area contributed by atoms with Crippen LogP contribution in [0.5, 0.6) is 0 Å². The number of thiocarbonyl (C=S) groups is 1. The maximum Gasteiger partial charge on any atom is 0.329 e. The van der Waals surface area contributed by atoms with E-state index >= 15 is 0 Å². The Bertz CT molecular complexity index is 204. The second-order valence-corrected chi connectivity index (χ2v) is 2.93. The minimum atomic E-state index is -0.384. The quantitative estimate of drug-likeness (QED) is 0.517. The third-order valence-electron chi connectivity index (χ3n) is 0.959. The average Bonchev–Trinajstić information content (AvgIpc) is 2.00. The van der Waals surface area contributed by atoms with E-state index in [1.807, 2.05) is 18.6 Å². The van der Waals surface area contributed by atoms with E-state index in [0.29, 0.717) is 0 Å². The fourth-order valence-electron chi connectivity index (χ4n) is 0.538. The number of hydroxylamine groups is 2. The van der Waals surface area contributed by atoms with Crippen molar-refractivity contribution < 1.29 is 9.63 Å². The molecule has 0 heterocycles. The van der Waals surface area contributed by atoms with Crippen LogP contribution in [0.1, 0.15) is 13.8 Å². The number of hydrogen-bond donors (Lipinski definition) is 0. The number of rotatable bonds is 4. The van der Waals surface area contributed by atoms with E-state index in [2.05, 4.69) is 12.2 Å². The molecule has 0 aliphatic rings. The van der Waals surface area contributed by atoms with Gasteiger partial charge in [-0.05, 0) is 18.6 Å². The van der Waals surface area contributed by atoms with Gasteiger partial charge in [-0.1, -0.05) is 12.2 Å². The molecule has 12 heavy (non-hydrogen) atoms. The SMILES string of the molecule is CS/C=C(/C)N(C=S)OC(C)=O. The Morgan fingerprint density at radius 2 is 2.17 bits per heavy atom. The fourth-order valence-corrected chi connectivity index (χ4v) is 1.19. The largest absolute Gasteiger partial charge is 0.336 e. The van der Waals surface area contributed by atoms with Gasteiger partial charge in [-0.15, -0.1) is 11.8 Å². The zero-order valence-electron chi connectivity index (χ0n) is 7.23. The Morgan fingerprint density at radius 1 is 1.58 bits per heavy atom. The Hall–Kier alpha value is -0.550. The van der Waals surface area contributed by atoms with Gasteiger partial charge in [-0.25, -0.2) is 4.79 Å². The van der Waals surface area contributed by atoms with Crippen LogP contribution in [0.3, 0.4) is 0 Å². The molecule has 0 unspecified atom stereocenters. The van der Waals surface area contributed by atoms with E-state index in [4.69, 9.17) is 4.84 Å². The monoisotopic (exact) mass is 205 g/mol. The van der Waals surface area contributed by atoms with E-state index < -0.39 is 0 Å². The molecular weight excluding hydrogens is 194 g/mol. The molecule has 0 spiro atoms. The van der Waals surface area contributed by atoms with Gasteiger partial charge in [-0.2, -0.15) is 5.06 Å². The lowest BCUT2D eigenvalue weighted by Crippen LogP contribution is -2.21. The molecule has 0 N–H and O–H groups in total. The molecule has 0 rings (SSSR count). The average molecular weight is 205 g/mol. The van der Waals surface area contributed by atoms with Gasteiger partial charge < -0.3 is 4.84 Å². The molecule has 0 aromatic heterocycles. The molecule has 3 nitrogen and oxygen atoms in total. The van der Waals surface area contributed by atoms with Crippen LogP contribution in [-0.4, -0.2) is 22.8 Å². The number of carbonyl (C=O) groups excluding carboxylic acids is 1. The summed E-state index contributed by atoms with van der Waals surface area (Å²) in [6.45, 7) is 3.14. The molecule has 0 radical (unpaired) electrons. The predicted molar refractivity (Wildman–Crippen MR) is 54.5 cm³/mol. The van der Waals surface area contributed by atoms with Crippen molar-refractivity contribution in [2.45, 2.75) is 13.8 Å². The summed E-state index contributed by atoms with van der Waals surface area (Å²) in [6.07, 6.45) is 1.92. The standard InChI is InChI=1S/C7H11NO2S2/c1-6(4-12-3)8(5-11)10-7(2)9/h4-5H,1-3H3/b6-4-. The fraction of sp³-hybridized carbons (Fsp3) is 0.429. The molecule has 0 amide bonds. The lowest BCUT2D eigenvalue weighted by atomic mass is 10.6. The molecule has 0 atom stereocenters. The van der Waals surface area contributed by atoms with Crippen LogP contribution in [0.25, 0.3) is 0 Å². The number of nitrogens with zero attached hydrogens (tertiary/aromatic N) is 1. The summed E-state index contributed by atoms with van der Waals surface area (Å²) < 4.78 is 0. The van der Waals surface area contributed by atoms with Crippen LogP contribution < -0.4 is 0 Å². The van der Waals surface area contributed by atoms with Crippen LogP contribution in [-0.2, 0) is 9.63 Å². The highest BCUT2D eigenvalue weighted by Gasteiger charge is 2.04. The van der Waals surface area contributed by atoms with Gasteiger partial charge in [0.1, 0.15) is 5.49 Å². The summed E-state index contributed by atoms with van der Waals surface area (Å²) in [5.74, 6) is -0.384. The van der Waals surface area contributed by atoms with Gasteiger partial charge in [-0.3, -0.25) is 0 Å². The first-order valence-electron chi connectivity index (χ1n) is 3.24. The lowest BCUT2D eigenvalue weighted by Gasteiger charge is -2.16. The first kappa shape index (κ1) is 11.4. The molecule has 68 valence electrons. The van der Waals surface area contributed by atoms with Crippen molar-refractivity contribution in [1.82, 2.24) is 5.06 Å². The van der Waals surface area contributed by atoms with E-state index in [9.17, 15) is 4.79 Å². The van der Waals surface area contributed by atoms with Crippen molar-refractivity contribution >= 4 is 35.4 Å². The van der Waals surface area contributed by atoms with Gasteiger partial charge in [0.05, 0.1) is 5.70 Å². The summed E-state index contributed by atoms with van der Waals surface area (Å²) in [6, 6.07) is 0. The topological polar surface area (TPSA) is 29.5 Å². The molecule has 0 bridgehead atoms. The zero-order chi connectivity index (χ0) is 9.56. The first-order valence-corrected chi connectivity index (χ1v) is 5.00. The molecule has 0 fully saturated rings.